The number of hydrogen-bond acceptors (Lipinski definition) is 6. The van der Waals surface area contributed by atoms with E-state index in [1.807, 2.05) is 6.07 Å². The molecule has 1 unspecified atom stereocenters. The Hall–Kier alpha value is -1.16. The summed E-state index contributed by atoms with van der Waals surface area (Å²) < 4.78 is 52.7. The van der Waals surface area contributed by atoms with Crippen LogP contribution in [0.4, 0.5) is 0 Å². The standard InChI is InChI=1S/C24H32N2O4S2.2ClH/c1-2-25(16-17-26-14-7-4-8-15-26)18-20-10-9-13-22-24(20)23(19-31(22,27)28)32(29,30)21-11-5-3-6-12-21;;/h3,5-6,9-13,23H,2,4,7-8,14-19H2,1H3;2*1H. The van der Waals surface area contributed by atoms with Crippen LogP contribution < -0.4 is 0 Å². The molecule has 1 saturated heterocycles. The van der Waals surface area contributed by atoms with Gasteiger partial charge in [0.2, 0.25) is 0 Å². The second kappa shape index (κ2) is 12.2. The highest BCUT2D eigenvalue weighted by molar-refractivity contribution is 7.96. The van der Waals surface area contributed by atoms with E-state index in [9.17, 15) is 16.8 Å². The second-order valence-corrected chi connectivity index (χ2v) is 12.9. The molecule has 2 heterocycles. The van der Waals surface area contributed by atoms with Crippen molar-refractivity contribution in [2.75, 3.05) is 38.5 Å². The molecule has 6 nitrogen and oxygen atoms in total. The summed E-state index contributed by atoms with van der Waals surface area (Å²) in [4.78, 5) is 5.10. The van der Waals surface area contributed by atoms with E-state index in [2.05, 4.69) is 16.7 Å². The molecule has 2 aromatic rings. The van der Waals surface area contributed by atoms with Crippen LogP contribution in [0.15, 0.2) is 58.3 Å². The molecule has 0 bridgehead atoms. The largest absolute Gasteiger partial charge is 0.302 e. The number of hydrogen-bond donors (Lipinski definition) is 0. The maximum atomic E-state index is 13.4. The highest BCUT2D eigenvalue weighted by Crippen LogP contribution is 2.43. The molecule has 0 amide bonds. The van der Waals surface area contributed by atoms with E-state index >= 15 is 0 Å². The van der Waals surface area contributed by atoms with E-state index in [0.717, 1.165) is 38.3 Å². The molecule has 0 radical (unpaired) electrons. The Morgan fingerprint density at radius 3 is 2.29 bits per heavy atom. The number of likely N-dealkylation sites (N-methyl/N-ethyl adjacent to an activating group) is 1. The lowest BCUT2D eigenvalue weighted by Crippen LogP contribution is -2.37. The van der Waals surface area contributed by atoms with Gasteiger partial charge in [-0.1, -0.05) is 43.7 Å². The Morgan fingerprint density at radius 1 is 0.971 bits per heavy atom. The molecule has 0 spiro atoms. The van der Waals surface area contributed by atoms with Gasteiger partial charge in [-0.05, 0) is 61.8 Å². The average Bonchev–Trinajstić information content (AvgIpc) is 3.10. The van der Waals surface area contributed by atoms with Crippen LogP contribution in [0, 0.1) is 0 Å². The van der Waals surface area contributed by atoms with Crippen molar-refractivity contribution in [2.45, 2.75) is 47.8 Å². The van der Waals surface area contributed by atoms with Crippen molar-refractivity contribution in [3.63, 3.8) is 0 Å². The molecule has 4 rings (SSSR count). The Balaban J connectivity index is 0.00000204. The molecule has 0 N–H and O–H groups in total. The van der Waals surface area contributed by atoms with E-state index in [-0.39, 0.29) is 34.6 Å². The van der Waals surface area contributed by atoms with E-state index in [1.165, 1.54) is 19.3 Å². The van der Waals surface area contributed by atoms with Gasteiger partial charge in [-0.2, -0.15) is 0 Å². The molecular weight excluding hydrogens is 515 g/mol. The molecule has 2 aliphatic rings. The predicted octanol–water partition coefficient (Wildman–Crippen LogP) is 4.14. The van der Waals surface area contributed by atoms with Crippen molar-refractivity contribution in [3.05, 3.63) is 59.7 Å². The molecule has 1 fully saturated rings. The molecule has 10 heteroatoms. The summed E-state index contributed by atoms with van der Waals surface area (Å²) >= 11 is 0. The minimum Gasteiger partial charge on any atom is -0.302 e. The van der Waals surface area contributed by atoms with Gasteiger partial charge in [0, 0.05) is 19.6 Å². The monoisotopic (exact) mass is 548 g/mol. The summed E-state index contributed by atoms with van der Waals surface area (Å²) in [6.45, 7) is 7.58. The molecule has 0 aromatic heterocycles. The fraction of sp³-hybridized carbons (Fsp3) is 0.500. The van der Waals surface area contributed by atoms with Gasteiger partial charge in [-0.25, -0.2) is 16.8 Å². The Kier molecular flexibility index (Phi) is 10.4. The number of rotatable bonds is 8. The van der Waals surface area contributed by atoms with Gasteiger partial charge in [-0.15, -0.1) is 24.8 Å². The lowest BCUT2D eigenvalue weighted by atomic mass is 10.0. The first kappa shape index (κ1) is 29.1. The zero-order chi connectivity index (χ0) is 22.8. The molecular formula is C24H34Cl2N2O4S2. The third-order valence-corrected chi connectivity index (χ3v) is 10.7. The fourth-order valence-corrected chi connectivity index (χ4v) is 9.23. The quantitative estimate of drug-likeness (QED) is 0.493. The number of nitrogens with zero attached hydrogens (tertiary/aromatic N) is 2. The number of fused-ring (bicyclic) bond motifs is 1. The first-order valence-corrected chi connectivity index (χ1v) is 14.6. The summed E-state index contributed by atoms with van der Waals surface area (Å²) in [5.41, 5.74) is 1.27. The molecule has 190 valence electrons. The van der Waals surface area contributed by atoms with Crippen LogP contribution >= 0.6 is 24.8 Å². The molecule has 34 heavy (non-hydrogen) atoms. The van der Waals surface area contributed by atoms with Gasteiger partial charge in [-0.3, -0.25) is 4.90 Å². The van der Waals surface area contributed by atoms with Crippen LogP contribution in [-0.2, 0) is 26.2 Å². The summed E-state index contributed by atoms with van der Waals surface area (Å²) in [5.74, 6) is -0.392. The summed E-state index contributed by atoms with van der Waals surface area (Å²) in [5, 5.41) is -1.07. The third kappa shape index (κ3) is 6.15. The summed E-state index contributed by atoms with van der Waals surface area (Å²) in [6.07, 6.45) is 3.79. The van der Waals surface area contributed by atoms with E-state index < -0.39 is 30.7 Å². The first-order chi connectivity index (χ1) is 15.3. The zero-order valence-corrected chi connectivity index (χ0v) is 22.7. The van der Waals surface area contributed by atoms with Crippen LogP contribution in [-0.4, -0.2) is 65.1 Å². The maximum absolute atomic E-state index is 13.4. The van der Waals surface area contributed by atoms with Crippen molar-refractivity contribution in [3.8, 4) is 0 Å². The van der Waals surface area contributed by atoms with Gasteiger partial charge >= 0.3 is 0 Å². The summed E-state index contributed by atoms with van der Waals surface area (Å²) in [6, 6.07) is 13.4. The maximum Gasteiger partial charge on any atom is 0.186 e. The molecule has 0 aliphatic carbocycles. The minimum atomic E-state index is -3.82. The number of sulfone groups is 2. The third-order valence-electron chi connectivity index (χ3n) is 6.65. The number of halogens is 2. The lowest BCUT2D eigenvalue weighted by molar-refractivity contribution is 0.181. The lowest BCUT2D eigenvalue weighted by Gasteiger charge is -2.30. The smallest absolute Gasteiger partial charge is 0.186 e. The number of piperidine rings is 1. The molecule has 1 atom stereocenters. The van der Waals surface area contributed by atoms with Gasteiger partial charge in [0.05, 0.1) is 15.5 Å². The van der Waals surface area contributed by atoms with Gasteiger partial charge < -0.3 is 4.90 Å². The topological polar surface area (TPSA) is 74.8 Å². The van der Waals surface area contributed by atoms with Crippen LogP contribution in [0.1, 0.15) is 42.6 Å². The van der Waals surface area contributed by atoms with E-state index in [0.29, 0.717) is 12.1 Å². The van der Waals surface area contributed by atoms with Crippen molar-refractivity contribution >= 4 is 44.5 Å². The van der Waals surface area contributed by atoms with Gasteiger partial charge in [0.15, 0.2) is 19.7 Å². The number of benzene rings is 2. The Morgan fingerprint density at radius 2 is 1.65 bits per heavy atom. The van der Waals surface area contributed by atoms with Crippen molar-refractivity contribution in [2.24, 2.45) is 0 Å². The average molecular weight is 550 g/mol. The fourth-order valence-electron chi connectivity index (χ4n) is 4.81. The molecule has 0 saturated carbocycles. The van der Waals surface area contributed by atoms with Crippen LogP contribution in [0.25, 0.3) is 0 Å². The Labute approximate surface area is 216 Å². The highest BCUT2D eigenvalue weighted by atomic mass is 35.5. The SMILES string of the molecule is CCN(CCN1CCCCC1)Cc1cccc2c1C(S(=O)(=O)c1ccccc1)CS2(=O)=O.Cl.Cl. The minimum absolute atomic E-state index is 0. The van der Waals surface area contributed by atoms with E-state index in [1.54, 1.807) is 42.5 Å². The summed E-state index contributed by atoms with van der Waals surface area (Å²) in [7, 11) is -7.47. The first-order valence-electron chi connectivity index (χ1n) is 11.4. The van der Waals surface area contributed by atoms with Crippen molar-refractivity contribution in [1.82, 2.24) is 9.80 Å². The zero-order valence-electron chi connectivity index (χ0n) is 19.4. The predicted molar refractivity (Wildman–Crippen MR) is 141 cm³/mol. The van der Waals surface area contributed by atoms with Crippen LogP contribution in [0.2, 0.25) is 0 Å². The molecule has 2 aromatic carbocycles. The Bertz CT molecular complexity index is 1150. The van der Waals surface area contributed by atoms with Gasteiger partial charge in [0.1, 0.15) is 5.25 Å². The van der Waals surface area contributed by atoms with Crippen LogP contribution in [0.5, 0.6) is 0 Å². The van der Waals surface area contributed by atoms with Crippen LogP contribution in [0.3, 0.4) is 0 Å². The number of likely N-dealkylation sites (tertiary alicyclic amines) is 1. The highest BCUT2D eigenvalue weighted by Gasteiger charge is 2.44. The molecule has 2 aliphatic heterocycles. The normalized spacial score (nSPS) is 19.8. The van der Waals surface area contributed by atoms with Gasteiger partial charge in [0.25, 0.3) is 0 Å². The van der Waals surface area contributed by atoms with Crippen molar-refractivity contribution in [1.29, 1.82) is 0 Å². The van der Waals surface area contributed by atoms with E-state index in [4.69, 9.17) is 0 Å². The van der Waals surface area contributed by atoms with Crippen molar-refractivity contribution < 1.29 is 16.8 Å². The second-order valence-electron chi connectivity index (χ2n) is 8.73.